The van der Waals surface area contributed by atoms with Gasteiger partial charge in [0.15, 0.2) is 0 Å². The molecule has 132 valence electrons. The summed E-state index contributed by atoms with van der Waals surface area (Å²) >= 11 is 0. The minimum atomic E-state index is -0.843. The first-order valence-corrected chi connectivity index (χ1v) is 7.53. The van der Waals surface area contributed by atoms with Crippen LogP contribution in [0, 0.1) is 0 Å². The number of hydrogen-bond donors (Lipinski definition) is 2. The summed E-state index contributed by atoms with van der Waals surface area (Å²) in [6, 6.07) is 3.52. The number of nitrogens with zero attached hydrogens (tertiary/aromatic N) is 2. The zero-order valence-corrected chi connectivity index (χ0v) is 13.5. The molecule has 0 aromatic carbocycles. The van der Waals surface area contributed by atoms with Gasteiger partial charge in [-0.25, -0.2) is 9.89 Å². The molecule has 0 fully saturated rings. The maximum absolute atomic E-state index is 11.9. The Morgan fingerprint density at radius 3 is 3.04 bits per heavy atom. The number of furan rings is 1. The molecule has 0 amide bonds. The molecule has 1 unspecified atom stereocenters. The van der Waals surface area contributed by atoms with Crippen molar-refractivity contribution in [3.05, 3.63) is 52.5 Å². The Bertz CT molecular complexity index is 867. The fraction of sp³-hybridized carbons (Fsp3) is 0.312. The van der Waals surface area contributed by atoms with Crippen molar-refractivity contribution in [3.63, 3.8) is 0 Å². The van der Waals surface area contributed by atoms with Crippen molar-refractivity contribution in [2.75, 3.05) is 13.7 Å². The van der Waals surface area contributed by atoms with Crippen LogP contribution in [0.25, 0.3) is 11.3 Å². The average Bonchev–Trinajstić information content (AvgIpc) is 3.24. The molecule has 0 saturated heterocycles. The van der Waals surface area contributed by atoms with E-state index in [4.69, 9.17) is 13.9 Å². The predicted molar refractivity (Wildman–Crippen MR) is 85.2 cm³/mol. The van der Waals surface area contributed by atoms with E-state index >= 15 is 0 Å². The molecule has 2 aliphatic heterocycles. The van der Waals surface area contributed by atoms with Crippen LogP contribution in [0.15, 0.2) is 40.0 Å². The molecule has 1 atom stereocenters. The van der Waals surface area contributed by atoms with Crippen LogP contribution in [-0.4, -0.2) is 45.7 Å². The number of H-pyrrole nitrogens is 1. The number of aliphatic hydroxyl groups is 1. The summed E-state index contributed by atoms with van der Waals surface area (Å²) in [5.74, 6) is 0.0399. The average molecular weight is 347 g/mol. The van der Waals surface area contributed by atoms with E-state index in [2.05, 4.69) is 10.2 Å². The minimum Gasteiger partial charge on any atom is -0.467 e. The van der Waals surface area contributed by atoms with Crippen LogP contribution in [0.3, 0.4) is 0 Å². The molecule has 9 nitrogen and oxygen atoms in total. The van der Waals surface area contributed by atoms with Gasteiger partial charge in [0, 0.05) is 12.4 Å². The summed E-state index contributed by atoms with van der Waals surface area (Å²) in [5, 5.41) is 16.3. The highest BCUT2D eigenvalue weighted by Crippen LogP contribution is 2.20. The van der Waals surface area contributed by atoms with Gasteiger partial charge in [0.2, 0.25) is 0 Å². The number of aromatic nitrogens is 3. The quantitative estimate of drug-likeness (QED) is 0.602. The third-order valence-corrected chi connectivity index (χ3v) is 3.58. The Hall–Kier alpha value is -2.91. The molecule has 1 aromatic heterocycles. The molecule has 0 spiro atoms. The van der Waals surface area contributed by atoms with E-state index in [0.717, 1.165) is 0 Å². The first kappa shape index (κ1) is 16.9. The molecule has 25 heavy (non-hydrogen) atoms. The highest BCUT2D eigenvalue weighted by Gasteiger charge is 2.22. The maximum Gasteiger partial charge on any atom is 0.341 e. The molecule has 9 heteroatoms. The SMILES string of the molecule is COC(=O)c1cn(CC(O)COCc2ccco2)cc2c(=O)[nH]nc1-2. The van der Waals surface area contributed by atoms with Crippen LogP contribution in [0.2, 0.25) is 0 Å². The van der Waals surface area contributed by atoms with Crippen molar-refractivity contribution in [2.45, 2.75) is 19.3 Å². The third kappa shape index (κ3) is 3.78. The third-order valence-electron chi connectivity index (χ3n) is 3.58. The lowest BCUT2D eigenvalue weighted by molar-refractivity contribution is 0.0145. The summed E-state index contributed by atoms with van der Waals surface area (Å²) < 4.78 is 16.8. The van der Waals surface area contributed by atoms with Crippen molar-refractivity contribution < 1.29 is 23.8 Å². The molecule has 3 rings (SSSR count). The van der Waals surface area contributed by atoms with Crippen LogP contribution >= 0.6 is 0 Å². The standard InChI is InChI=1S/C16H17N3O6/c1-23-16(22)13-7-19(6-12-14(13)17-18-15(12)21)5-10(20)8-24-9-11-3-2-4-25-11/h2-4,6-7,10,20H,5,8-9H2,1H3,(H,18,21). The zero-order chi connectivity index (χ0) is 17.8. The summed E-state index contributed by atoms with van der Waals surface area (Å²) in [5.41, 5.74) is 0.198. The number of nitrogens with one attached hydrogen (secondary N) is 1. The number of ether oxygens (including phenoxy) is 2. The van der Waals surface area contributed by atoms with Crippen LogP contribution in [0.4, 0.5) is 0 Å². The van der Waals surface area contributed by atoms with Crippen molar-refractivity contribution >= 4 is 5.97 Å². The van der Waals surface area contributed by atoms with E-state index in [0.29, 0.717) is 5.76 Å². The summed E-state index contributed by atoms with van der Waals surface area (Å²) in [4.78, 5) is 23.7. The number of rotatable bonds is 7. The number of carbonyl (C=O) groups excluding carboxylic acids is 1. The van der Waals surface area contributed by atoms with E-state index in [1.165, 1.54) is 24.1 Å². The topological polar surface area (TPSA) is 120 Å². The second kappa shape index (κ2) is 7.32. The van der Waals surface area contributed by atoms with Crippen LogP contribution in [0.5, 0.6) is 0 Å². The molecule has 0 aliphatic carbocycles. The lowest BCUT2D eigenvalue weighted by Gasteiger charge is -2.15. The fourth-order valence-corrected chi connectivity index (χ4v) is 2.44. The van der Waals surface area contributed by atoms with E-state index in [9.17, 15) is 14.7 Å². The van der Waals surface area contributed by atoms with Gasteiger partial charge in [0.05, 0.1) is 38.2 Å². The lowest BCUT2D eigenvalue weighted by atomic mass is 10.1. The Morgan fingerprint density at radius 2 is 2.32 bits per heavy atom. The zero-order valence-electron chi connectivity index (χ0n) is 13.5. The number of esters is 1. The Kier molecular flexibility index (Phi) is 4.96. The molecular formula is C16H17N3O6. The molecule has 0 saturated carbocycles. The van der Waals surface area contributed by atoms with E-state index in [-0.39, 0.29) is 36.6 Å². The number of aliphatic hydroxyl groups excluding tert-OH is 1. The smallest absolute Gasteiger partial charge is 0.341 e. The van der Waals surface area contributed by atoms with Gasteiger partial charge in [-0.3, -0.25) is 4.79 Å². The van der Waals surface area contributed by atoms with E-state index < -0.39 is 17.6 Å². The number of hydrogen-bond acceptors (Lipinski definition) is 7. The molecule has 3 heterocycles. The predicted octanol–water partition coefficient (Wildman–Crippen LogP) is 0.633. The molecule has 2 N–H and O–H groups in total. The Balaban J connectivity index is 1.71. The van der Waals surface area contributed by atoms with Gasteiger partial charge in [-0.05, 0) is 12.1 Å². The van der Waals surface area contributed by atoms with Crippen molar-refractivity contribution in [1.29, 1.82) is 0 Å². The van der Waals surface area contributed by atoms with Gasteiger partial charge in [0.25, 0.3) is 5.56 Å². The number of pyridine rings is 1. The monoisotopic (exact) mass is 347 g/mol. The number of methoxy groups -OCH3 is 1. The second-order valence-corrected chi connectivity index (χ2v) is 5.42. The molecule has 0 radical (unpaired) electrons. The van der Waals surface area contributed by atoms with Gasteiger partial charge in [-0.1, -0.05) is 0 Å². The highest BCUT2D eigenvalue weighted by molar-refractivity contribution is 5.95. The van der Waals surface area contributed by atoms with E-state index in [1.807, 2.05) is 0 Å². The summed E-state index contributed by atoms with van der Waals surface area (Å²) in [7, 11) is 1.24. The summed E-state index contributed by atoms with van der Waals surface area (Å²) in [6.45, 7) is 0.436. The van der Waals surface area contributed by atoms with Gasteiger partial charge >= 0.3 is 5.97 Å². The number of fused-ring (bicyclic) bond motifs is 1. The number of carbonyl (C=O) groups is 1. The second-order valence-electron chi connectivity index (χ2n) is 5.42. The molecule has 0 bridgehead atoms. The maximum atomic E-state index is 11.9. The fourth-order valence-electron chi connectivity index (χ4n) is 2.44. The van der Waals surface area contributed by atoms with Crippen LogP contribution in [-0.2, 0) is 22.6 Å². The van der Waals surface area contributed by atoms with E-state index in [1.54, 1.807) is 18.4 Å². The normalized spacial score (nSPS) is 12.4. The molecule has 2 aliphatic rings. The van der Waals surface area contributed by atoms with Crippen molar-refractivity contribution in [2.24, 2.45) is 0 Å². The van der Waals surface area contributed by atoms with Gasteiger partial charge in [-0.2, -0.15) is 5.10 Å². The first-order chi connectivity index (χ1) is 12.1. The van der Waals surface area contributed by atoms with Gasteiger partial charge < -0.3 is 23.6 Å². The first-order valence-electron chi connectivity index (χ1n) is 7.53. The Morgan fingerprint density at radius 1 is 1.48 bits per heavy atom. The van der Waals surface area contributed by atoms with Crippen molar-refractivity contribution in [3.8, 4) is 11.3 Å². The van der Waals surface area contributed by atoms with Crippen LogP contribution in [0.1, 0.15) is 16.1 Å². The van der Waals surface area contributed by atoms with Crippen LogP contribution < -0.4 is 5.56 Å². The van der Waals surface area contributed by atoms with Gasteiger partial charge in [-0.15, -0.1) is 0 Å². The molecular weight excluding hydrogens is 330 g/mol. The lowest BCUT2D eigenvalue weighted by Crippen LogP contribution is -2.23. The Labute approximate surface area is 142 Å². The minimum absolute atomic E-state index is 0.0644. The van der Waals surface area contributed by atoms with Crippen molar-refractivity contribution in [1.82, 2.24) is 14.8 Å². The summed E-state index contributed by atoms with van der Waals surface area (Å²) in [6.07, 6.45) is 3.69. The number of aromatic amines is 1. The molecule has 1 aromatic rings. The largest absolute Gasteiger partial charge is 0.467 e. The van der Waals surface area contributed by atoms with Gasteiger partial charge in [0.1, 0.15) is 23.6 Å². The highest BCUT2D eigenvalue weighted by atomic mass is 16.5.